The van der Waals surface area contributed by atoms with Gasteiger partial charge in [-0.05, 0) is 23.3 Å². The number of nitrogens with zero attached hydrogens (tertiary/aromatic N) is 1. The highest BCUT2D eigenvalue weighted by molar-refractivity contribution is 8.14. The number of carbonyl (C=O) groups excluding carboxylic acids is 4. The second-order valence-corrected chi connectivity index (χ2v) is 6.90. The van der Waals surface area contributed by atoms with Crippen LogP contribution in [0.4, 0.5) is 4.79 Å². The fourth-order valence-electron chi connectivity index (χ4n) is 2.60. The first-order valence-corrected chi connectivity index (χ1v) is 9.59. The van der Waals surface area contributed by atoms with Crippen molar-refractivity contribution < 1.29 is 23.9 Å². The molecule has 1 aliphatic heterocycles. The third-order valence-electron chi connectivity index (χ3n) is 4.06. The smallest absolute Gasteiger partial charge is 0.338 e. The summed E-state index contributed by atoms with van der Waals surface area (Å²) in [7, 11) is 0. The van der Waals surface area contributed by atoms with Gasteiger partial charge < -0.3 is 10.1 Å². The fraction of sp³-hybridized carbons (Fsp3) is 0.200. The topological polar surface area (TPSA) is 92.8 Å². The molecule has 1 aliphatic rings. The minimum atomic E-state index is -0.601. The Bertz CT molecular complexity index is 867. The Labute approximate surface area is 166 Å². The molecule has 0 saturated carbocycles. The van der Waals surface area contributed by atoms with E-state index >= 15 is 0 Å². The summed E-state index contributed by atoms with van der Waals surface area (Å²) in [6.07, 6.45) is 0. The second-order valence-electron chi connectivity index (χ2n) is 5.97. The van der Waals surface area contributed by atoms with E-state index in [9.17, 15) is 19.2 Å². The van der Waals surface area contributed by atoms with Crippen molar-refractivity contribution in [2.24, 2.45) is 0 Å². The first-order chi connectivity index (χ1) is 13.5. The van der Waals surface area contributed by atoms with Crippen molar-refractivity contribution in [2.45, 2.75) is 0 Å². The van der Waals surface area contributed by atoms with Gasteiger partial charge in [-0.1, -0.05) is 54.2 Å². The molecule has 1 fully saturated rings. The highest BCUT2D eigenvalue weighted by atomic mass is 32.2. The Morgan fingerprint density at radius 1 is 1.00 bits per heavy atom. The molecule has 0 atom stereocenters. The van der Waals surface area contributed by atoms with E-state index in [-0.39, 0.29) is 30.0 Å². The molecule has 144 valence electrons. The summed E-state index contributed by atoms with van der Waals surface area (Å²) in [6, 6.07) is 16.7. The predicted molar refractivity (Wildman–Crippen MR) is 105 cm³/mol. The van der Waals surface area contributed by atoms with Crippen LogP contribution in [0.25, 0.3) is 11.1 Å². The largest absolute Gasteiger partial charge is 0.452 e. The lowest BCUT2D eigenvalue weighted by atomic mass is 10.0. The van der Waals surface area contributed by atoms with Gasteiger partial charge >= 0.3 is 5.97 Å². The number of thioether (sulfide) groups is 1. The molecule has 0 aromatic heterocycles. The molecule has 28 heavy (non-hydrogen) atoms. The summed E-state index contributed by atoms with van der Waals surface area (Å²) in [6.45, 7) is -0.221. The average molecular weight is 398 g/mol. The van der Waals surface area contributed by atoms with Crippen LogP contribution in [0.2, 0.25) is 0 Å². The Morgan fingerprint density at radius 3 is 2.32 bits per heavy atom. The van der Waals surface area contributed by atoms with Crippen LogP contribution < -0.4 is 5.32 Å². The van der Waals surface area contributed by atoms with E-state index in [2.05, 4.69) is 5.32 Å². The van der Waals surface area contributed by atoms with Crippen LogP contribution in [0.5, 0.6) is 0 Å². The van der Waals surface area contributed by atoms with Gasteiger partial charge in [-0.25, -0.2) is 4.79 Å². The normalized spacial score (nSPS) is 13.5. The Hall–Kier alpha value is -3.13. The first kappa shape index (κ1) is 19.6. The number of esters is 1. The van der Waals surface area contributed by atoms with Gasteiger partial charge in [0.05, 0.1) is 11.3 Å². The van der Waals surface area contributed by atoms with Crippen molar-refractivity contribution in [1.29, 1.82) is 0 Å². The molecule has 0 bridgehead atoms. The van der Waals surface area contributed by atoms with E-state index < -0.39 is 18.5 Å². The first-order valence-electron chi connectivity index (χ1n) is 8.61. The molecule has 7 nitrogen and oxygen atoms in total. The minimum Gasteiger partial charge on any atom is -0.452 e. The van der Waals surface area contributed by atoms with Crippen LogP contribution >= 0.6 is 11.8 Å². The lowest BCUT2D eigenvalue weighted by Crippen LogP contribution is -2.38. The van der Waals surface area contributed by atoms with Gasteiger partial charge in [0.25, 0.3) is 11.1 Å². The zero-order chi connectivity index (χ0) is 19.9. The number of nitrogens with one attached hydrogen (secondary N) is 1. The van der Waals surface area contributed by atoms with Crippen molar-refractivity contribution in [1.82, 2.24) is 10.2 Å². The van der Waals surface area contributed by atoms with E-state index in [1.807, 2.05) is 42.5 Å². The Balaban J connectivity index is 1.43. The molecular formula is C20H18N2O5S. The molecule has 0 aliphatic carbocycles. The SMILES string of the molecule is O=C(COC(=O)c1ccc(-c2ccccc2)cc1)NCCN1C(=O)CSC1=O. The standard InChI is InChI=1S/C20H18N2O5S/c23-17(21-10-11-22-18(24)13-28-20(22)26)12-27-19(25)16-8-6-15(7-9-16)14-4-2-1-3-5-14/h1-9H,10-13H2,(H,21,23). The van der Waals surface area contributed by atoms with Crippen molar-refractivity contribution in [3.05, 3.63) is 60.2 Å². The number of ether oxygens (including phenoxy) is 1. The van der Waals surface area contributed by atoms with Gasteiger partial charge in [0.1, 0.15) is 0 Å². The van der Waals surface area contributed by atoms with Crippen molar-refractivity contribution >= 4 is 34.8 Å². The molecule has 2 aromatic carbocycles. The number of benzene rings is 2. The number of rotatable bonds is 7. The lowest BCUT2D eigenvalue weighted by Gasteiger charge is -2.13. The van der Waals surface area contributed by atoms with E-state index in [1.165, 1.54) is 0 Å². The number of hydrogen-bond acceptors (Lipinski definition) is 6. The van der Waals surface area contributed by atoms with Gasteiger partial charge in [0, 0.05) is 13.1 Å². The zero-order valence-corrected chi connectivity index (χ0v) is 15.7. The van der Waals surface area contributed by atoms with E-state index in [0.717, 1.165) is 27.8 Å². The third-order valence-corrected chi connectivity index (χ3v) is 4.92. The maximum atomic E-state index is 12.1. The maximum Gasteiger partial charge on any atom is 0.338 e. The summed E-state index contributed by atoms with van der Waals surface area (Å²) >= 11 is 0.939. The van der Waals surface area contributed by atoms with Gasteiger partial charge in [-0.2, -0.15) is 0 Å². The molecule has 1 saturated heterocycles. The maximum absolute atomic E-state index is 12.1. The number of imide groups is 1. The van der Waals surface area contributed by atoms with Gasteiger partial charge in [-0.3, -0.25) is 19.3 Å². The van der Waals surface area contributed by atoms with Crippen LogP contribution in [-0.4, -0.2) is 53.4 Å². The van der Waals surface area contributed by atoms with Crippen LogP contribution in [-0.2, 0) is 14.3 Å². The summed E-state index contributed by atoms with van der Waals surface area (Å²) in [5.41, 5.74) is 2.35. The van der Waals surface area contributed by atoms with Gasteiger partial charge in [0.15, 0.2) is 6.61 Å². The molecule has 0 unspecified atom stereocenters. The molecule has 1 heterocycles. The Kier molecular flexibility index (Phi) is 6.44. The molecule has 2 aromatic rings. The van der Waals surface area contributed by atoms with Crippen LogP contribution in [0, 0.1) is 0 Å². The summed E-state index contributed by atoms with van der Waals surface area (Å²) in [5.74, 6) is -1.24. The summed E-state index contributed by atoms with van der Waals surface area (Å²) in [4.78, 5) is 47.8. The molecule has 0 spiro atoms. The Morgan fingerprint density at radius 2 is 1.68 bits per heavy atom. The average Bonchev–Trinajstić information content (AvgIpc) is 3.05. The van der Waals surface area contributed by atoms with Crippen molar-refractivity contribution in [3.63, 3.8) is 0 Å². The van der Waals surface area contributed by atoms with Gasteiger partial charge in [0.2, 0.25) is 5.91 Å². The number of amides is 3. The zero-order valence-electron chi connectivity index (χ0n) is 14.9. The van der Waals surface area contributed by atoms with E-state index in [0.29, 0.717) is 5.56 Å². The highest BCUT2D eigenvalue weighted by Crippen LogP contribution is 2.19. The monoisotopic (exact) mass is 398 g/mol. The highest BCUT2D eigenvalue weighted by Gasteiger charge is 2.29. The van der Waals surface area contributed by atoms with Crippen LogP contribution in [0.15, 0.2) is 54.6 Å². The van der Waals surface area contributed by atoms with Crippen molar-refractivity contribution in [2.75, 3.05) is 25.4 Å². The number of carbonyl (C=O) groups is 4. The molecule has 0 radical (unpaired) electrons. The van der Waals surface area contributed by atoms with Gasteiger partial charge in [-0.15, -0.1) is 0 Å². The molecule has 1 N–H and O–H groups in total. The molecule has 3 amide bonds. The molecule has 3 rings (SSSR count). The third kappa shape index (κ3) is 4.98. The lowest BCUT2D eigenvalue weighted by molar-refractivity contribution is -0.126. The second kappa shape index (κ2) is 9.18. The van der Waals surface area contributed by atoms with E-state index in [4.69, 9.17) is 4.74 Å². The molecular weight excluding hydrogens is 380 g/mol. The van der Waals surface area contributed by atoms with Crippen LogP contribution in [0.3, 0.4) is 0 Å². The van der Waals surface area contributed by atoms with Crippen LogP contribution in [0.1, 0.15) is 10.4 Å². The summed E-state index contributed by atoms with van der Waals surface area (Å²) < 4.78 is 5.00. The quantitative estimate of drug-likeness (QED) is 0.720. The van der Waals surface area contributed by atoms with Crippen molar-refractivity contribution in [3.8, 4) is 11.1 Å². The summed E-state index contributed by atoms with van der Waals surface area (Å²) in [5, 5.41) is 2.20. The number of hydrogen-bond donors (Lipinski definition) is 1. The van der Waals surface area contributed by atoms with E-state index in [1.54, 1.807) is 12.1 Å². The fourth-order valence-corrected chi connectivity index (χ4v) is 3.35. The predicted octanol–water partition coefficient (Wildman–Crippen LogP) is 2.32. The minimum absolute atomic E-state index is 0.102. The molecule has 8 heteroatoms.